The largest absolute Gasteiger partial charge is 0.448 e. The number of hydrogen-bond donors (Lipinski definition) is 0. The zero-order valence-corrected chi connectivity index (χ0v) is 8.74. The van der Waals surface area contributed by atoms with E-state index in [2.05, 4.69) is 4.74 Å². The minimum absolute atomic E-state index is 0.437. The Labute approximate surface area is 92.2 Å². The Hall–Kier alpha value is -1.21. The first-order valence-electron chi connectivity index (χ1n) is 4.48. The summed E-state index contributed by atoms with van der Waals surface area (Å²) in [5.41, 5.74) is -1.09. The first kappa shape index (κ1) is 13.9. The monoisotopic (exact) mass is 262 g/mol. The van der Waals surface area contributed by atoms with E-state index in [-0.39, 0.29) is 0 Å². The molecule has 2 atom stereocenters. The van der Waals surface area contributed by atoms with Crippen molar-refractivity contribution in [3.8, 4) is 0 Å². The van der Waals surface area contributed by atoms with Crippen molar-refractivity contribution in [3.63, 3.8) is 0 Å². The molecule has 0 amide bonds. The molecule has 8 heteroatoms. The van der Waals surface area contributed by atoms with Gasteiger partial charge in [-0.2, -0.15) is 26.3 Å². The van der Waals surface area contributed by atoms with Gasteiger partial charge in [0.1, 0.15) is 5.92 Å². The highest BCUT2D eigenvalue weighted by molar-refractivity contribution is 5.89. The van der Waals surface area contributed by atoms with Crippen molar-refractivity contribution in [2.45, 2.75) is 32.3 Å². The summed E-state index contributed by atoms with van der Waals surface area (Å²) in [5, 5.41) is 0. The molecule has 2 nitrogen and oxygen atoms in total. The Balaban J connectivity index is 3.30. The van der Waals surface area contributed by atoms with Gasteiger partial charge >= 0.3 is 18.3 Å². The molecule has 0 saturated carbocycles. The molecular weight excluding hydrogens is 254 g/mol. The van der Waals surface area contributed by atoms with Gasteiger partial charge < -0.3 is 4.74 Å². The first-order valence-corrected chi connectivity index (χ1v) is 4.48. The van der Waals surface area contributed by atoms with Crippen molar-refractivity contribution >= 4 is 5.97 Å². The highest BCUT2D eigenvalue weighted by atomic mass is 19.4. The standard InChI is InChI=1S/C9H8F6O2/c1-3-4(2)7(16)17-6(9(13,14)15)5(3)8(10,11)12/h5-6H,1-2H3. The summed E-state index contributed by atoms with van der Waals surface area (Å²) in [6, 6.07) is 0. The lowest BCUT2D eigenvalue weighted by Gasteiger charge is -2.34. The summed E-state index contributed by atoms with van der Waals surface area (Å²) in [6.07, 6.45) is -13.5. The SMILES string of the molecule is CC1=C(C)C(C(F)(F)F)C(C(F)(F)F)OC1=O. The minimum atomic E-state index is -5.25. The molecule has 0 spiro atoms. The van der Waals surface area contributed by atoms with Crippen molar-refractivity contribution in [3.05, 3.63) is 11.1 Å². The van der Waals surface area contributed by atoms with E-state index in [0.29, 0.717) is 0 Å². The van der Waals surface area contributed by atoms with Crippen molar-refractivity contribution < 1.29 is 35.9 Å². The third-order valence-electron chi connectivity index (χ3n) is 2.58. The van der Waals surface area contributed by atoms with Crippen molar-refractivity contribution in [1.82, 2.24) is 0 Å². The molecule has 98 valence electrons. The van der Waals surface area contributed by atoms with E-state index in [0.717, 1.165) is 13.8 Å². The van der Waals surface area contributed by atoms with Crippen LogP contribution in [0.15, 0.2) is 11.1 Å². The van der Waals surface area contributed by atoms with E-state index in [1.54, 1.807) is 0 Å². The Kier molecular flexibility index (Phi) is 3.19. The number of ether oxygens (including phenoxy) is 1. The van der Waals surface area contributed by atoms with Crippen LogP contribution in [0.4, 0.5) is 26.3 Å². The van der Waals surface area contributed by atoms with Gasteiger partial charge in [0.25, 0.3) is 0 Å². The lowest BCUT2D eigenvalue weighted by molar-refractivity contribution is -0.275. The summed E-state index contributed by atoms with van der Waals surface area (Å²) >= 11 is 0. The summed E-state index contributed by atoms with van der Waals surface area (Å²) < 4.78 is 78.7. The smallest absolute Gasteiger partial charge is 0.426 e. The minimum Gasteiger partial charge on any atom is -0.448 e. The molecule has 0 aromatic heterocycles. The first-order chi connectivity index (χ1) is 7.46. The fourth-order valence-electron chi connectivity index (χ4n) is 1.57. The van der Waals surface area contributed by atoms with Crippen LogP contribution in [0.3, 0.4) is 0 Å². The van der Waals surface area contributed by atoms with Crippen LogP contribution in [0.5, 0.6) is 0 Å². The number of hydrogen-bond acceptors (Lipinski definition) is 2. The van der Waals surface area contributed by atoms with Gasteiger partial charge in [-0.1, -0.05) is 0 Å². The predicted octanol–water partition coefficient (Wildman–Crippen LogP) is 2.99. The highest BCUT2D eigenvalue weighted by Gasteiger charge is 2.60. The molecule has 1 aliphatic heterocycles. The molecule has 2 unspecified atom stereocenters. The van der Waals surface area contributed by atoms with Gasteiger partial charge in [0.15, 0.2) is 0 Å². The molecule has 0 fully saturated rings. The average Bonchev–Trinajstić information content (AvgIpc) is 2.09. The lowest BCUT2D eigenvalue weighted by atomic mass is 9.87. The van der Waals surface area contributed by atoms with Crippen LogP contribution in [-0.2, 0) is 9.53 Å². The Morgan fingerprint density at radius 2 is 1.47 bits per heavy atom. The summed E-state index contributed by atoms with van der Waals surface area (Å²) in [7, 11) is 0. The Morgan fingerprint density at radius 3 is 1.82 bits per heavy atom. The van der Waals surface area contributed by atoms with Gasteiger partial charge in [-0.25, -0.2) is 4.79 Å². The normalized spacial score (nSPS) is 27.2. The molecule has 1 heterocycles. The highest BCUT2D eigenvalue weighted by Crippen LogP contribution is 2.45. The number of rotatable bonds is 0. The number of cyclic esters (lactones) is 1. The van der Waals surface area contributed by atoms with Crippen molar-refractivity contribution in [2.24, 2.45) is 5.92 Å². The van der Waals surface area contributed by atoms with E-state index >= 15 is 0 Å². The molecular formula is C9H8F6O2. The molecule has 0 aromatic rings. The summed E-state index contributed by atoms with van der Waals surface area (Å²) in [5.74, 6) is -4.20. The van der Waals surface area contributed by atoms with E-state index in [1.807, 2.05) is 0 Å². The lowest BCUT2D eigenvalue weighted by Crippen LogP contribution is -2.49. The van der Waals surface area contributed by atoms with E-state index in [9.17, 15) is 31.1 Å². The zero-order valence-electron chi connectivity index (χ0n) is 8.74. The third kappa shape index (κ3) is 2.55. The Morgan fingerprint density at radius 1 is 1.00 bits per heavy atom. The number of carbonyl (C=O) groups is 1. The summed E-state index contributed by atoms with van der Waals surface area (Å²) in [4.78, 5) is 11.0. The second-order valence-electron chi connectivity index (χ2n) is 3.69. The molecule has 0 N–H and O–H groups in total. The van der Waals surface area contributed by atoms with Crippen LogP contribution < -0.4 is 0 Å². The fourth-order valence-corrected chi connectivity index (χ4v) is 1.57. The Bertz CT molecular complexity index is 365. The second kappa shape index (κ2) is 3.92. The maximum absolute atomic E-state index is 12.5. The molecule has 0 radical (unpaired) electrons. The molecule has 0 aromatic carbocycles. The number of alkyl halides is 6. The van der Waals surface area contributed by atoms with Gasteiger partial charge in [0.2, 0.25) is 6.10 Å². The van der Waals surface area contributed by atoms with Crippen LogP contribution in [-0.4, -0.2) is 24.4 Å². The van der Waals surface area contributed by atoms with Crippen molar-refractivity contribution in [1.29, 1.82) is 0 Å². The quantitative estimate of drug-likeness (QED) is 0.495. The molecule has 0 bridgehead atoms. The average molecular weight is 262 g/mol. The maximum atomic E-state index is 12.5. The molecule has 1 aliphatic rings. The number of halogens is 6. The van der Waals surface area contributed by atoms with E-state index in [1.165, 1.54) is 0 Å². The third-order valence-corrected chi connectivity index (χ3v) is 2.58. The maximum Gasteiger partial charge on any atom is 0.426 e. The second-order valence-corrected chi connectivity index (χ2v) is 3.69. The van der Waals surface area contributed by atoms with Gasteiger partial charge in [-0.05, 0) is 19.4 Å². The van der Waals surface area contributed by atoms with Crippen LogP contribution in [0.1, 0.15) is 13.8 Å². The predicted molar refractivity (Wildman–Crippen MR) is 43.9 cm³/mol. The van der Waals surface area contributed by atoms with Crippen LogP contribution in [0, 0.1) is 5.92 Å². The molecule has 17 heavy (non-hydrogen) atoms. The van der Waals surface area contributed by atoms with Crippen molar-refractivity contribution in [2.75, 3.05) is 0 Å². The van der Waals surface area contributed by atoms with E-state index < -0.39 is 41.5 Å². The zero-order chi connectivity index (χ0) is 13.6. The van der Waals surface area contributed by atoms with Gasteiger partial charge in [-0.3, -0.25) is 0 Å². The van der Waals surface area contributed by atoms with Gasteiger partial charge in [-0.15, -0.1) is 0 Å². The fraction of sp³-hybridized carbons (Fsp3) is 0.667. The van der Waals surface area contributed by atoms with Crippen LogP contribution in [0.2, 0.25) is 0 Å². The molecule has 1 rings (SSSR count). The van der Waals surface area contributed by atoms with Gasteiger partial charge in [0, 0.05) is 5.57 Å². The molecule has 0 saturated heterocycles. The van der Waals surface area contributed by atoms with E-state index in [4.69, 9.17) is 0 Å². The van der Waals surface area contributed by atoms with Crippen LogP contribution >= 0.6 is 0 Å². The van der Waals surface area contributed by atoms with Gasteiger partial charge in [0.05, 0.1) is 0 Å². The topological polar surface area (TPSA) is 26.3 Å². The van der Waals surface area contributed by atoms with Crippen LogP contribution in [0.25, 0.3) is 0 Å². The summed E-state index contributed by atoms with van der Waals surface area (Å²) in [6.45, 7) is 1.86. The molecule has 0 aliphatic carbocycles. The number of esters is 1. The number of carbonyl (C=O) groups excluding carboxylic acids is 1.